The first-order chi connectivity index (χ1) is 24.6. The molecule has 0 radical (unpaired) electrons. The minimum atomic E-state index is -0.678. The first-order valence-electron chi connectivity index (χ1n) is 15.6. The normalized spacial score (nSPS) is 10.9. The number of aromatic hydroxyl groups is 4. The number of ether oxygens (including phenoxy) is 1. The maximum atomic E-state index is 12.3. The predicted octanol–water partition coefficient (Wildman–Crippen LogP) is 8.33. The van der Waals surface area contributed by atoms with Crippen LogP contribution in [-0.2, 0) is 28.5 Å². The summed E-state index contributed by atoms with van der Waals surface area (Å²) < 4.78 is 9.28. The summed E-state index contributed by atoms with van der Waals surface area (Å²) in [5, 5.41) is 49.6. The van der Waals surface area contributed by atoms with E-state index in [0.717, 1.165) is 20.3 Å². The number of rotatable bonds is 9. The van der Waals surface area contributed by atoms with Gasteiger partial charge in [-0.15, -0.1) is 0 Å². The van der Waals surface area contributed by atoms with Gasteiger partial charge in [0.25, 0.3) is 0 Å². The topological polar surface area (TPSA) is 168 Å². The molecule has 0 aliphatic rings. The van der Waals surface area contributed by atoms with Gasteiger partial charge in [0.2, 0.25) is 11.8 Å². The summed E-state index contributed by atoms with van der Waals surface area (Å²) in [6.45, 7) is 3.81. The van der Waals surface area contributed by atoms with Crippen molar-refractivity contribution in [3.63, 3.8) is 0 Å². The molecule has 6 aromatic rings. The zero-order valence-electron chi connectivity index (χ0n) is 27.8. The number of aromatic nitrogens is 4. The number of carbonyl (C=O) groups is 1. The largest absolute Gasteiger partial charge is 0.506 e. The third-order valence-corrected chi connectivity index (χ3v) is 8.20. The van der Waals surface area contributed by atoms with E-state index < -0.39 is 5.97 Å². The van der Waals surface area contributed by atoms with Crippen LogP contribution in [0.1, 0.15) is 41.2 Å². The molecule has 266 valence electrons. The number of esters is 1. The van der Waals surface area contributed by atoms with Crippen molar-refractivity contribution in [2.45, 2.75) is 20.3 Å². The van der Waals surface area contributed by atoms with Gasteiger partial charge in [0, 0.05) is 38.7 Å². The number of aryl methyl sites for hydroxylation is 1. The maximum absolute atomic E-state index is 12.3. The summed E-state index contributed by atoms with van der Waals surface area (Å²) in [6, 6.07) is 28.0. The SMILES string of the molecule is CCOC(=O)c1nn(-c2ccccc2)c(O)c1C=Nc1cc(Br)ccc1O.CCc1nn(-c2ccccc2)c(O)c1C=Nc1cc(Br)ccc1O.[Cr]. The van der Waals surface area contributed by atoms with E-state index >= 15 is 0 Å². The molecular weight excluding hydrogens is 836 g/mol. The number of aliphatic imine (C=N–C) groups is 2. The van der Waals surface area contributed by atoms with E-state index in [9.17, 15) is 25.2 Å². The van der Waals surface area contributed by atoms with E-state index in [-0.39, 0.29) is 64.2 Å². The fraction of sp³-hybridized carbons (Fsp3) is 0.108. The number of halogens is 2. The molecule has 0 aliphatic carbocycles. The number of hydrogen-bond acceptors (Lipinski definition) is 10. The van der Waals surface area contributed by atoms with Crippen molar-refractivity contribution in [3.05, 3.63) is 129 Å². The van der Waals surface area contributed by atoms with E-state index in [0.29, 0.717) is 23.4 Å². The summed E-state index contributed by atoms with van der Waals surface area (Å²) in [5.74, 6) is -0.884. The fourth-order valence-corrected chi connectivity index (χ4v) is 5.41. The second-order valence-corrected chi connectivity index (χ2v) is 12.5. The van der Waals surface area contributed by atoms with Crippen molar-refractivity contribution < 1.29 is 47.3 Å². The molecule has 15 heteroatoms. The van der Waals surface area contributed by atoms with Crippen LogP contribution in [0.15, 0.2) is 116 Å². The molecule has 0 aliphatic heterocycles. The Morgan fingerprint density at radius 3 is 1.65 bits per heavy atom. The zero-order valence-corrected chi connectivity index (χ0v) is 32.2. The molecule has 0 unspecified atom stereocenters. The van der Waals surface area contributed by atoms with Crippen LogP contribution in [0.2, 0.25) is 0 Å². The Balaban J connectivity index is 0.000000230. The third kappa shape index (κ3) is 9.37. The van der Waals surface area contributed by atoms with Crippen molar-refractivity contribution in [1.82, 2.24) is 19.6 Å². The smallest absolute Gasteiger partial charge is 0.359 e. The second kappa shape index (κ2) is 18.3. The van der Waals surface area contributed by atoms with Crippen molar-refractivity contribution >= 4 is 61.6 Å². The van der Waals surface area contributed by atoms with Crippen LogP contribution in [0.5, 0.6) is 23.3 Å². The Morgan fingerprint density at radius 2 is 1.17 bits per heavy atom. The molecule has 0 atom stereocenters. The first kappa shape index (κ1) is 39.6. The molecule has 2 heterocycles. The molecule has 0 bridgehead atoms. The maximum Gasteiger partial charge on any atom is 0.359 e. The number of phenolic OH excluding ortho intramolecular Hbond substituents is 2. The number of phenols is 2. The minimum absolute atomic E-state index is 0. The molecule has 0 saturated carbocycles. The van der Waals surface area contributed by atoms with Gasteiger partial charge in [-0.25, -0.2) is 9.48 Å². The molecule has 4 aromatic carbocycles. The molecule has 6 rings (SSSR count). The van der Waals surface area contributed by atoms with Crippen LogP contribution in [0.3, 0.4) is 0 Å². The van der Waals surface area contributed by atoms with Crippen molar-refractivity contribution in [1.29, 1.82) is 0 Å². The van der Waals surface area contributed by atoms with E-state index in [1.807, 2.05) is 43.3 Å². The quantitative estimate of drug-likeness (QED) is 0.0832. The number of hydrogen-bond donors (Lipinski definition) is 4. The van der Waals surface area contributed by atoms with E-state index in [4.69, 9.17) is 4.74 Å². The summed E-state index contributed by atoms with van der Waals surface area (Å²) >= 11 is 6.65. The van der Waals surface area contributed by atoms with Gasteiger partial charge in [-0.3, -0.25) is 9.98 Å². The predicted molar refractivity (Wildman–Crippen MR) is 202 cm³/mol. The van der Waals surface area contributed by atoms with E-state index in [1.165, 1.54) is 27.9 Å². The van der Waals surface area contributed by atoms with Crippen LogP contribution < -0.4 is 0 Å². The van der Waals surface area contributed by atoms with Crippen LogP contribution in [-0.4, -0.2) is 65.0 Å². The van der Waals surface area contributed by atoms with Crippen LogP contribution in [0.4, 0.5) is 11.4 Å². The van der Waals surface area contributed by atoms with Gasteiger partial charge in [-0.05, 0) is 74.0 Å². The molecule has 4 N–H and O–H groups in total. The first-order valence-corrected chi connectivity index (χ1v) is 17.2. The standard InChI is InChI=1S/C19H16BrN3O4.C18H16BrN3O2.Cr/c1-2-27-19(26)17-14(11-21-15-10-12(20)8-9-16(15)24)18(25)23(22-17)13-6-4-3-5-7-13;1-2-15-14(11-20-16-10-12(19)8-9-17(16)23)18(24)22(21-15)13-6-4-3-5-7-13;/h3-11,24-25H,2H2,1H3;3-11,23-24H,2H2,1H3;. The summed E-state index contributed by atoms with van der Waals surface area (Å²) in [5.41, 5.74) is 3.33. The number of para-hydroxylation sites is 2. The molecule has 0 amide bonds. The van der Waals surface area contributed by atoms with Crippen LogP contribution in [0, 0.1) is 0 Å². The van der Waals surface area contributed by atoms with Gasteiger partial charge in [-0.1, -0.05) is 75.2 Å². The molecule has 0 spiro atoms. The Kier molecular flexibility index (Phi) is 14.0. The van der Waals surface area contributed by atoms with Crippen LogP contribution in [0.25, 0.3) is 11.4 Å². The van der Waals surface area contributed by atoms with Gasteiger partial charge in [0.15, 0.2) is 5.69 Å². The molecule has 2 aromatic heterocycles. The molecular formula is C37H32Br2CrN6O6. The van der Waals surface area contributed by atoms with E-state index in [1.54, 1.807) is 61.5 Å². The third-order valence-electron chi connectivity index (χ3n) is 7.22. The van der Waals surface area contributed by atoms with Crippen molar-refractivity contribution in [2.75, 3.05) is 6.61 Å². The average Bonchev–Trinajstić information content (AvgIpc) is 3.65. The van der Waals surface area contributed by atoms with Gasteiger partial charge < -0.3 is 25.2 Å². The summed E-state index contributed by atoms with van der Waals surface area (Å²) in [6.07, 6.45) is 3.46. The molecule has 52 heavy (non-hydrogen) atoms. The minimum Gasteiger partial charge on any atom is -0.506 e. The molecule has 12 nitrogen and oxygen atoms in total. The van der Waals surface area contributed by atoms with Crippen molar-refractivity contribution in [2.24, 2.45) is 9.98 Å². The number of carbonyl (C=O) groups excluding carboxylic acids is 1. The van der Waals surface area contributed by atoms with E-state index in [2.05, 4.69) is 52.0 Å². The second-order valence-electron chi connectivity index (χ2n) is 10.6. The molecule has 0 fully saturated rings. The Labute approximate surface area is 326 Å². The van der Waals surface area contributed by atoms with Gasteiger partial charge in [0.1, 0.15) is 22.9 Å². The van der Waals surface area contributed by atoms with Gasteiger partial charge >= 0.3 is 5.97 Å². The van der Waals surface area contributed by atoms with Crippen molar-refractivity contribution in [3.8, 4) is 34.6 Å². The fourth-order valence-electron chi connectivity index (χ4n) is 4.72. The molecule has 0 saturated heterocycles. The summed E-state index contributed by atoms with van der Waals surface area (Å²) in [4.78, 5) is 20.7. The number of benzene rings is 4. The van der Waals surface area contributed by atoms with Gasteiger partial charge in [-0.2, -0.15) is 14.9 Å². The Bertz CT molecular complexity index is 2210. The Morgan fingerprint density at radius 1 is 0.712 bits per heavy atom. The monoisotopic (exact) mass is 866 g/mol. The average molecular weight is 869 g/mol. The van der Waals surface area contributed by atoms with Gasteiger partial charge in [0.05, 0.1) is 34.8 Å². The summed E-state index contributed by atoms with van der Waals surface area (Å²) in [7, 11) is 0. The Hall–Kier alpha value is -5.20. The zero-order chi connectivity index (χ0) is 36.5. The van der Waals surface area contributed by atoms with Crippen LogP contribution >= 0.6 is 31.9 Å². The number of nitrogens with zero attached hydrogens (tertiary/aromatic N) is 6.